The molecule has 0 atom stereocenters. The van der Waals surface area contributed by atoms with E-state index in [-0.39, 0.29) is 17.3 Å². The second-order valence-corrected chi connectivity index (χ2v) is 5.60. The Labute approximate surface area is 149 Å². The lowest BCUT2D eigenvalue weighted by molar-refractivity contribution is -0.136. The van der Waals surface area contributed by atoms with E-state index in [2.05, 4.69) is 10.6 Å². The van der Waals surface area contributed by atoms with Crippen molar-refractivity contribution >= 4 is 40.7 Å². The van der Waals surface area contributed by atoms with Gasteiger partial charge in [0.05, 0.1) is 22.3 Å². The van der Waals surface area contributed by atoms with Gasteiger partial charge in [0, 0.05) is 6.54 Å². The van der Waals surface area contributed by atoms with Crippen molar-refractivity contribution in [2.24, 2.45) is 0 Å². The number of carbonyl (C=O) groups is 2. The number of ether oxygens (including phenoxy) is 1. The smallest absolute Gasteiger partial charge is 0.313 e. The van der Waals surface area contributed by atoms with Gasteiger partial charge in [-0.15, -0.1) is 0 Å². The summed E-state index contributed by atoms with van der Waals surface area (Å²) in [7, 11) is 0. The minimum absolute atomic E-state index is 0.187. The van der Waals surface area contributed by atoms with Crippen molar-refractivity contribution in [2.75, 3.05) is 11.9 Å². The SMILES string of the molecule is CCOc1ccc(CNC(=O)C(=O)Nc2cccc(Cl)c2Cl)cc1. The van der Waals surface area contributed by atoms with E-state index in [0.717, 1.165) is 11.3 Å². The lowest BCUT2D eigenvalue weighted by atomic mass is 10.2. The third-order valence-corrected chi connectivity index (χ3v) is 3.91. The van der Waals surface area contributed by atoms with Crippen LogP contribution in [0, 0.1) is 0 Å². The summed E-state index contributed by atoms with van der Waals surface area (Å²) in [4.78, 5) is 23.8. The molecule has 0 radical (unpaired) electrons. The average Bonchev–Trinajstić information content (AvgIpc) is 2.58. The Kier molecular flexibility index (Phi) is 6.46. The quantitative estimate of drug-likeness (QED) is 0.793. The molecule has 24 heavy (non-hydrogen) atoms. The van der Waals surface area contributed by atoms with Crippen LogP contribution in [-0.2, 0) is 16.1 Å². The van der Waals surface area contributed by atoms with E-state index in [9.17, 15) is 9.59 Å². The monoisotopic (exact) mass is 366 g/mol. The number of carbonyl (C=O) groups excluding carboxylic acids is 2. The molecule has 0 fully saturated rings. The van der Waals surface area contributed by atoms with Gasteiger partial charge in [-0.3, -0.25) is 9.59 Å². The largest absolute Gasteiger partial charge is 0.494 e. The highest BCUT2D eigenvalue weighted by atomic mass is 35.5. The van der Waals surface area contributed by atoms with Crippen LogP contribution in [0.4, 0.5) is 5.69 Å². The van der Waals surface area contributed by atoms with Crippen LogP contribution in [-0.4, -0.2) is 18.4 Å². The fraction of sp³-hybridized carbons (Fsp3) is 0.176. The third kappa shape index (κ3) is 4.88. The van der Waals surface area contributed by atoms with Crippen LogP contribution in [0.1, 0.15) is 12.5 Å². The average molecular weight is 367 g/mol. The van der Waals surface area contributed by atoms with Gasteiger partial charge in [0.1, 0.15) is 5.75 Å². The van der Waals surface area contributed by atoms with Gasteiger partial charge in [-0.1, -0.05) is 41.4 Å². The first-order chi connectivity index (χ1) is 11.5. The van der Waals surface area contributed by atoms with Gasteiger partial charge in [0.15, 0.2) is 0 Å². The van der Waals surface area contributed by atoms with Crippen LogP contribution in [0.5, 0.6) is 5.75 Å². The lowest BCUT2D eigenvalue weighted by Gasteiger charge is -2.09. The number of halogens is 2. The molecule has 0 aliphatic heterocycles. The zero-order valence-corrected chi connectivity index (χ0v) is 14.4. The molecule has 0 aliphatic carbocycles. The minimum atomic E-state index is -0.815. The van der Waals surface area contributed by atoms with E-state index in [0.29, 0.717) is 11.6 Å². The van der Waals surface area contributed by atoms with E-state index < -0.39 is 11.8 Å². The molecule has 2 rings (SSSR count). The van der Waals surface area contributed by atoms with E-state index in [1.54, 1.807) is 30.3 Å². The summed E-state index contributed by atoms with van der Waals surface area (Å²) < 4.78 is 5.34. The first-order valence-corrected chi connectivity index (χ1v) is 8.01. The summed E-state index contributed by atoms with van der Waals surface area (Å²) in [6.45, 7) is 2.71. The number of hydrogen-bond donors (Lipinski definition) is 2. The molecule has 5 nitrogen and oxygen atoms in total. The van der Waals surface area contributed by atoms with Crippen molar-refractivity contribution in [1.82, 2.24) is 5.32 Å². The maximum atomic E-state index is 11.9. The highest BCUT2D eigenvalue weighted by Gasteiger charge is 2.15. The molecular weight excluding hydrogens is 351 g/mol. The van der Waals surface area contributed by atoms with Crippen molar-refractivity contribution in [3.63, 3.8) is 0 Å². The molecule has 0 bridgehead atoms. The molecule has 0 heterocycles. The van der Waals surface area contributed by atoms with Gasteiger partial charge in [-0.2, -0.15) is 0 Å². The number of hydrogen-bond acceptors (Lipinski definition) is 3. The third-order valence-electron chi connectivity index (χ3n) is 3.09. The van der Waals surface area contributed by atoms with Crippen molar-refractivity contribution in [2.45, 2.75) is 13.5 Å². The Balaban J connectivity index is 1.89. The Morgan fingerprint density at radius 2 is 1.75 bits per heavy atom. The predicted octanol–water partition coefficient (Wildman–Crippen LogP) is 3.65. The number of benzene rings is 2. The fourth-order valence-corrected chi connectivity index (χ4v) is 2.26. The predicted molar refractivity (Wildman–Crippen MR) is 94.5 cm³/mol. The molecule has 0 aromatic heterocycles. The molecule has 0 saturated carbocycles. The van der Waals surface area contributed by atoms with Crippen LogP contribution in [0.25, 0.3) is 0 Å². The summed E-state index contributed by atoms with van der Waals surface area (Å²) >= 11 is 11.8. The molecule has 126 valence electrons. The Hall–Kier alpha value is -2.24. The molecule has 0 saturated heterocycles. The molecule has 0 spiro atoms. The molecule has 2 aromatic carbocycles. The van der Waals surface area contributed by atoms with Gasteiger partial charge in [-0.25, -0.2) is 0 Å². The van der Waals surface area contributed by atoms with Gasteiger partial charge in [0.2, 0.25) is 0 Å². The molecular formula is C17H16Cl2N2O3. The second-order valence-electron chi connectivity index (χ2n) is 4.82. The van der Waals surface area contributed by atoms with Crippen molar-refractivity contribution in [3.05, 3.63) is 58.1 Å². The maximum absolute atomic E-state index is 11.9. The second kappa shape index (κ2) is 8.57. The normalized spacial score (nSPS) is 10.1. The summed E-state index contributed by atoms with van der Waals surface area (Å²) in [5.41, 5.74) is 1.13. The van der Waals surface area contributed by atoms with Crippen molar-refractivity contribution < 1.29 is 14.3 Å². The van der Waals surface area contributed by atoms with E-state index >= 15 is 0 Å². The summed E-state index contributed by atoms with van der Waals surface area (Å²) in [5, 5.41) is 5.44. The van der Waals surface area contributed by atoms with E-state index in [1.807, 2.05) is 19.1 Å². The topological polar surface area (TPSA) is 67.4 Å². The van der Waals surface area contributed by atoms with Crippen LogP contribution < -0.4 is 15.4 Å². The first-order valence-electron chi connectivity index (χ1n) is 7.26. The zero-order valence-electron chi connectivity index (χ0n) is 12.9. The minimum Gasteiger partial charge on any atom is -0.494 e. The van der Waals surface area contributed by atoms with Crippen LogP contribution >= 0.6 is 23.2 Å². The van der Waals surface area contributed by atoms with Crippen molar-refractivity contribution in [1.29, 1.82) is 0 Å². The highest BCUT2D eigenvalue weighted by Crippen LogP contribution is 2.29. The standard InChI is InChI=1S/C17H16Cl2N2O3/c1-2-24-12-8-6-11(7-9-12)10-20-16(22)17(23)21-14-5-3-4-13(18)15(14)19/h3-9H,2,10H2,1H3,(H,20,22)(H,21,23). The molecule has 7 heteroatoms. The molecule has 2 amide bonds. The van der Waals surface area contributed by atoms with Crippen LogP contribution in [0.15, 0.2) is 42.5 Å². The Morgan fingerprint density at radius 1 is 1.04 bits per heavy atom. The Bertz CT molecular complexity index is 733. The maximum Gasteiger partial charge on any atom is 0.313 e. The van der Waals surface area contributed by atoms with Gasteiger partial charge < -0.3 is 15.4 Å². The molecule has 0 unspecified atom stereocenters. The summed E-state index contributed by atoms with van der Waals surface area (Å²) in [6.07, 6.45) is 0. The van der Waals surface area contributed by atoms with Crippen LogP contribution in [0.2, 0.25) is 10.0 Å². The fourth-order valence-electron chi connectivity index (χ4n) is 1.91. The molecule has 0 aliphatic rings. The van der Waals surface area contributed by atoms with E-state index in [1.165, 1.54) is 0 Å². The van der Waals surface area contributed by atoms with Crippen LogP contribution in [0.3, 0.4) is 0 Å². The molecule has 2 aromatic rings. The highest BCUT2D eigenvalue weighted by molar-refractivity contribution is 6.45. The Morgan fingerprint density at radius 3 is 2.42 bits per heavy atom. The zero-order chi connectivity index (χ0) is 17.5. The van der Waals surface area contributed by atoms with E-state index in [4.69, 9.17) is 27.9 Å². The van der Waals surface area contributed by atoms with Gasteiger partial charge in [-0.05, 0) is 36.8 Å². The van der Waals surface area contributed by atoms with Gasteiger partial charge in [0.25, 0.3) is 0 Å². The number of amides is 2. The number of rotatable bonds is 5. The first kappa shape index (κ1) is 18.1. The number of nitrogens with one attached hydrogen (secondary N) is 2. The van der Waals surface area contributed by atoms with Crippen molar-refractivity contribution in [3.8, 4) is 5.75 Å². The summed E-state index contributed by atoms with van der Waals surface area (Å²) in [5.74, 6) is -0.828. The lowest BCUT2D eigenvalue weighted by Crippen LogP contribution is -2.35. The van der Waals surface area contributed by atoms with Gasteiger partial charge >= 0.3 is 11.8 Å². The molecule has 2 N–H and O–H groups in total. The number of anilines is 1. The summed E-state index contributed by atoms with van der Waals surface area (Å²) in [6, 6.07) is 12.0.